The molecular weight excluding hydrogens is 322 g/mol. The molecule has 2 unspecified atom stereocenters. The first-order valence-corrected chi connectivity index (χ1v) is 8.87. The van der Waals surface area contributed by atoms with Crippen molar-refractivity contribution in [3.05, 3.63) is 108 Å². The lowest BCUT2D eigenvalue weighted by Gasteiger charge is -2.11. The van der Waals surface area contributed by atoms with E-state index in [-0.39, 0.29) is 17.9 Å². The predicted molar refractivity (Wildman–Crippen MR) is 102 cm³/mol. The van der Waals surface area contributed by atoms with Crippen molar-refractivity contribution >= 4 is 5.78 Å². The van der Waals surface area contributed by atoms with Crippen LogP contribution in [-0.2, 0) is 6.54 Å². The van der Waals surface area contributed by atoms with Gasteiger partial charge in [-0.2, -0.15) is 0 Å². The molecule has 0 aromatic heterocycles. The van der Waals surface area contributed by atoms with Gasteiger partial charge in [-0.1, -0.05) is 91.0 Å². The highest BCUT2D eigenvalue weighted by molar-refractivity contribution is 6.02. The summed E-state index contributed by atoms with van der Waals surface area (Å²) in [4.78, 5) is 15.1. The van der Waals surface area contributed by atoms with Crippen LogP contribution in [0.3, 0.4) is 0 Å². The fourth-order valence-corrected chi connectivity index (χ4v) is 3.57. The number of aliphatic hydroxyl groups excluding tert-OH is 1. The SMILES string of the molecule is O=C(c1ccccc1)[C@@H]1[C@H](C(O)c2ccccc2)N1Cc1ccccc1. The van der Waals surface area contributed by atoms with E-state index in [1.54, 1.807) is 0 Å². The number of carbonyl (C=O) groups excluding carboxylic acids is 1. The van der Waals surface area contributed by atoms with Crippen LogP contribution in [-0.4, -0.2) is 27.9 Å². The zero-order valence-electron chi connectivity index (χ0n) is 14.4. The standard InChI is InChI=1S/C23H21NO2/c25-22(18-12-6-2-7-13-18)20-21(23(26)19-14-8-3-9-15-19)24(20)16-17-10-4-1-5-11-17/h1-15,20-22,25H,16H2/t20-,21+,22?,24?/m1/s1. The molecule has 4 rings (SSSR count). The van der Waals surface area contributed by atoms with E-state index in [0.717, 1.165) is 11.1 Å². The molecule has 0 bridgehead atoms. The first-order valence-electron chi connectivity index (χ1n) is 8.87. The van der Waals surface area contributed by atoms with E-state index >= 15 is 0 Å². The van der Waals surface area contributed by atoms with Crippen molar-refractivity contribution < 1.29 is 9.90 Å². The van der Waals surface area contributed by atoms with Crippen LogP contribution >= 0.6 is 0 Å². The third-order valence-corrected chi connectivity index (χ3v) is 4.97. The van der Waals surface area contributed by atoms with Crippen molar-refractivity contribution in [1.82, 2.24) is 4.90 Å². The topological polar surface area (TPSA) is 40.3 Å². The second-order valence-corrected chi connectivity index (χ2v) is 6.68. The molecule has 0 radical (unpaired) electrons. The van der Waals surface area contributed by atoms with E-state index in [1.165, 1.54) is 0 Å². The number of ketones is 1. The number of hydrogen-bond acceptors (Lipinski definition) is 3. The van der Waals surface area contributed by atoms with Gasteiger partial charge >= 0.3 is 0 Å². The first kappa shape index (κ1) is 16.7. The van der Waals surface area contributed by atoms with Gasteiger partial charge in [0.25, 0.3) is 0 Å². The first-order chi connectivity index (χ1) is 12.8. The Morgan fingerprint density at radius 3 is 2.00 bits per heavy atom. The zero-order valence-corrected chi connectivity index (χ0v) is 14.4. The summed E-state index contributed by atoms with van der Waals surface area (Å²) in [6.07, 6.45) is -0.683. The van der Waals surface area contributed by atoms with Crippen molar-refractivity contribution in [2.45, 2.75) is 24.7 Å². The second-order valence-electron chi connectivity index (χ2n) is 6.68. The third kappa shape index (κ3) is 3.32. The van der Waals surface area contributed by atoms with Gasteiger partial charge in [0.15, 0.2) is 5.78 Å². The highest BCUT2D eigenvalue weighted by Crippen LogP contribution is 2.41. The van der Waals surface area contributed by atoms with Gasteiger partial charge in [0, 0.05) is 12.1 Å². The maximum Gasteiger partial charge on any atom is 0.181 e. The summed E-state index contributed by atoms with van der Waals surface area (Å²) >= 11 is 0. The van der Waals surface area contributed by atoms with E-state index in [2.05, 4.69) is 4.90 Å². The fourth-order valence-electron chi connectivity index (χ4n) is 3.57. The van der Waals surface area contributed by atoms with Gasteiger partial charge in [-0.3, -0.25) is 9.69 Å². The van der Waals surface area contributed by atoms with Gasteiger partial charge in [-0.15, -0.1) is 0 Å². The van der Waals surface area contributed by atoms with E-state index in [9.17, 15) is 9.90 Å². The molecule has 1 aliphatic rings. The van der Waals surface area contributed by atoms with Crippen LogP contribution in [0.4, 0.5) is 0 Å². The molecule has 3 aromatic rings. The second kappa shape index (κ2) is 7.24. The molecule has 3 heteroatoms. The molecule has 26 heavy (non-hydrogen) atoms. The largest absolute Gasteiger partial charge is 0.387 e. The summed E-state index contributed by atoms with van der Waals surface area (Å²) in [7, 11) is 0. The van der Waals surface area contributed by atoms with Crippen molar-refractivity contribution in [2.75, 3.05) is 0 Å². The van der Waals surface area contributed by atoms with Crippen LogP contribution in [0.25, 0.3) is 0 Å². The Kier molecular flexibility index (Phi) is 4.65. The van der Waals surface area contributed by atoms with Crippen molar-refractivity contribution in [2.24, 2.45) is 0 Å². The number of nitrogens with zero attached hydrogens (tertiary/aromatic N) is 1. The molecule has 0 aliphatic carbocycles. The van der Waals surface area contributed by atoms with Crippen LogP contribution in [0.1, 0.15) is 27.6 Å². The highest BCUT2D eigenvalue weighted by atomic mass is 16.3. The van der Waals surface area contributed by atoms with E-state index in [1.807, 2.05) is 91.0 Å². The van der Waals surface area contributed by atoms with E-state index < -0.39 is 6.10 Å². The maximum atomic E-state index is 13.0. The zero-order chi connectivity index (χ0) is 17.9. The average Bonchev–Trinajstić information content (AvgIpc) is 3.42. The molecular formula is C23H21NO2. The summed E-state index contributed by atoms with van der Waals surface area (Å²) in [5.74, 6) is 0.0708. The minimum atomic E-state index is -0.683. The molecule has 1 saturated heterocycles. The molecule has 1 fully saturated rings. The van der Waals surface area contributed by atoms with Gasteiger partial charge in [0.2, 0.25) is 0 Å². The number of aliphatic hydroxyl groups is 1. The van der Waals surface area contributed by atoms with Gasteiger partial charge in [0.05, 0.1) is 18.2 Å². The lowest BCUT2D eigenvalue weighted by atomic mass is 10.0. The Morgan fingerprint density at radius 1 is 0.846 bits per heavy atom. The Labute approximate surface area is 153 Å². The summed E-state index contributed by atoms with van der Waals surface area (Å²) in [6, 6.07) is 28.5. The molecule has 0 spiro atoms. The Balaban J connectivity index is 1.60. The molecule has 4 atom stereocenters. The number of Topliss-reactive ketones (excluding diaryl/α,β-unsaturated/α-hetero) is 1. The van der Waals surface area contributed by atoms with Crippen LogP contribution in [0, 0.1) is 0 Å². The summed E-state index contributed by atoms with van der Waals surface area (Å²) in [6.45, 7) is 0.651. The molecule has 0 amide bonds. The van der Waals surface area contributed by atoms with Gasteiger partial charge in [-0.05, 0) is 11.1 Å². The maximum absolute atomic E-state index is 13.0. The fraction of sp³-hybridized carbons (Fsp3) is 0.174. The van der Waals surface area contributed by atoms with Gasteiger partial charge in [0.1, 0.15) is 0 Å². The molecule has 1 heterocycles. The smallest absolute Gasteiger partial charge is 0.181 e. The summed E-state index contributed by atoms with van der Waals surface area (Å²) < 4.78 is 0. The Hall–Kier alpha value is -2.75. The molecule has 1 aliphatic heterocycles. The van der Waals surface area contributed by atoms with Crippen LogP contribution < -0.4 is 0 Å². The van der Waals surface area contributed by atoms with Gasteiger partial charge < -0.3 is 5.11 Å². The molecule has 1 N–H and O–H groups in total. The van der Waals surface area contributed by atoms with Crippen molar-refractivity contribution in [1.29, 1.82) is 0 Å². The monoisotopic (exact) mass is 343 g/mol. The van der Waals surface area contributed by atoms with Crippen LogP contribution in [0.5, 0.6) is 0 Å². The molecule has 3 aromatic carbocycles. The number of rotatable bonds is 6. The predicted octanol–water partition coefficient (Wildman–Crippen LogP) is 3.86. The minimum absolute atomic E-state index is 0.0708. The van der Waals surface area contributed by atoms with Crippen LogP contribution in [0.15, 0.2) is 91.0 Å². The van der Waals surface area contributed by atoms with Crippen molar-refractivity contribution in [3.8, 4) is 0 Å². The quantitative estimate of drug-likeness (QED) is 0.546. The highest BCUT2D eigenvalue weighted by Gasteiger charge is 2.55. The number of hydrogen-bond donors (Lipinski definition) is 1. The number of benzene rings is 3. The lowest BCUT2D eigenvalue weighted by molar-refractivity contribution is 0.0968. The van der Waals surface area contributed by atoms with E-state index in [4.69, 9.17) is 0 Å². The van der Waals surface area contributed by atoms with Gasteiger partial charge in [-0.25, -0.2) is 0 Å². The molecule has 130 valence electrons. The summed E-state index contributed by atoms with van der Waals surface area (Å²) in [5.41, 5.74) is 2.68. The number of carbonyl (C=O) groups is 1. The summed E-state index contributed by atoms with van der Waals surface area (Å²) in [5, 5.41) is 10.9. The average molecular weight is 343 g/mol. The van der Waals surface area contributed by atoms with E-state index in [0.29, 0.717) is 12.1 Å². The van der Waals surface area contributed by atoms with Crippen molar-refractivity contribution in [3.63, 3.8) is 0 Å². The minimum Gasteiger partial charge on any atom is -0.387 e. The Morgan fingerprint density at radius 2 is 1.38 bits per heavy atom. The normalized spacial score (nSPS) is 22.6. The lowest BCUT2D eigenvalue weighted by Crippen LogP contribution is -2.15. The van der Waals surface area contributed by atoms with Crippen LogP contribution in [0.2, 0.25) is 0 Å². The Bertz CT molecular complexity index is 864. The molecule has 3 nitrogen and oxygen atoms in total. The molecule has 0 saturated carbocycles. The third-order valence-electron chi connectivity index (χ3n) is 4.97.